The van der Waals surface area contributed by atoms with E-state index < -0.39 is 5.97 Å². The van der Waals surface area contributed by atoms with Crippen LogP contribution in [0.1, 0.15) is 39.9 Å². The molecule has 18 heavy (non-hydrogen) atoms. The van der Waals surface area contributed by atoms with Crippen LogP contribution in [0.5, 0.6) is 0 Å². The molecule has 0 saturated heterocycles. The first-order valence-electron chi connectivity index (χ1n) is 6.02. The third-order valence-electron chi connectivity index (χ3n) is 2.76. The van der Waals surface area contributed by atoms with Gasteiger partial charge in [0.2, 0.25) is 0 Å². The van der Waals surface area contributed by atoms with Gasteiger partial charge in [-0.1, -0.05) is 13.3 Å². The fraction of sp³-hybridized carbons (Fsp3) is 0.538. The van der Waals surface area contributed by atoms with Crippen molar-refractivity contribution in [2.45, 2.75) is 33.1 Å². The van der Waals surface area contributed by atoms with Gasteiger partial charge in [-0.25, -0.2) is 0 Å². The highest BCUT2D eigenvalue weighted by molar-refractivity contribution is 7.14. The first-order chi connectivity index (χ1) is 8.45. The molecule has 0 spiro atoms. The summed E-state index contributed by atoms with van der Waals surface area (Å²) in [6, 6.07) is 1.93. The van der Waals surface area contributed by atoms with Crippen LogP contribution >= 0.6 is 11.3 Å². The summed E-state index contributed by atoms with van der Waals surface area (Å²) in [5, 5.41) is 8.60. The summed E-state index contributed by atoms with van der Waals surface area (Å²) in [7, 11) is 1.64. The van der Waals surface area contributed by atoms with E-state index in [0.29, 0.717) is 4.88 Å². The second kappa shape index (κ2) is 6.54. The van der Waals surface area contributed by atoms with E-state index in [1.807, 2.05) is 13.0 Å². The first-order valence-corrected chi connectivity index (χ1v) is 6.84. The molecule has 1 amide bonds. The number of amides is 1. The van der Waals surface area contributed by atoms with Gasteiger partial charge in [0.1, 0.15) is 0 Å². The molecule has 5 heteroatoms. The molecule has 0 aliphatic rings. The van der Waals surface area contributed by atoms with Crippen molar-refractivity contribution in [1.82, 2.24) is 4.90 Å². The molecule has 0 aromatic carbocycles. The van der Waals surface area contributed by atoms with E-state index in [1.54, 1.807) is 7.05 Å². The van der Waals surface area contributed by atoms with Gasteiger partial charge < -0.3 is 10.0 Å². The second-order valence-electron chi connectivity index (χ2n) is 4.31. The van der Waals surface area contributed by atoms with Crippen molar-refractivity contribution in [3.63, 3.8) is 0 Å². The number of carbonyl (C=O) groups is 2. The van der Waals surface area contributed by atoms with Gasteiger partial charge in [-0.3, -0.25) is 9.59 Å². The van der Waals surface area contributed by atoms with Crippen molar-refractivity contribution in [2.75, 3.05) is 13.6 Å². The van der Waals surface area contributed by atoms with Gasteiger partial charge in [0.25, 0.3) is 5.91 Å². The van der Waals surface area contributed by atoms with Crippen molar-refractivity contribution in [1.29, 1.82) is 0 Å². The zero-order chi connectivity index (χ0) is 13.7. The summed E-state index contributed by atoms with van der Waals surface area (Å²) in [4.78, 5) is 25.9. The molecule has 0 aliphatic heterocycles. The Balaban J connectivity index is 2.71. The second-order valence-corrected chi connectivity index (χ2v) is 5.57. The molecule has 1 heterocycles. The van der Waals surface area contributed by atoms with Crippen LogP contribution in [0.4, 0.5) is 0 Å². The van der Waals surface area contributed by atoms with Crippen LogP contribution in [0.3, 0.4) is 0 Å². The van der Waals surface area contributed by atoms with Crippen molar-refractivity contribution in [3.8, 4) is 0 Å². The standard InChI is InChI=1S/C13H19NO3S/c1-4-5-10-8-11(18-9(10)2)13(17)14(3)7-6-12(15)16/h8H,4-7H2,1-3H3,(H,15,16). The largest absolute Gasteiger partial charge is 0.481 e. The molecule has 100 valence electrons. The third-order valence-corrected chi connectivity index (χ3v) is 3.84. The van der Waals surface area contributed by atoms with Crippen LogP contribution < -0.4 is 0 Å². The Hall–Kier alpha value is -1.36. The SMILES string of the molecule is CCCc1cc(C(=O)N(C)CCC(=O)O)sc1C. The molecule has 1 aromatic heterocycles. The summed E-state index contributed by atoms with van der Waals surface area (Å²) in [6.45, 7) is 4.37. The van der Waals surface area contributed by atoms with Crippen LogP contribution in [-0.2, 0) is 11.2 Å². The Morgan fingerprint density at radius 2 is 2.11 bits per heavy atom. The maximum atomic E-state index is 12.1. The van der Waals surface area contributed by atoms with Crippen molar-refractivity contribution >= 4 is 23.2 Å². The summed E-state index contributed by atoms with van der Waals surface area (Å²) in [6.07, 6.45) is 2.02. The minimum atomic E-state index is -0.885. The number of rotatable bonds is 6. The highest BCUT2D eigenvalue weighted by Crippen LogP contribution is 2.23. The number of hydrogen-bond donors (Lipinski definition) is 1. The van der Waals surface area contributed by atoms with E-state index in [-0.39, 0.29) is 18.9 Å². The number of thiophene rings is 1. The molecular formula is C13H19NO3S. The van der Waals surface area contributed by atoms with E-state index in [4.69, 9.17) is 5.11 Å². The molecular weight excluding hydrogens is 250 g/mol. The quantitative estimate of drug-likeness (QED) is 0.863. The fourth-order valence-corrected chi connectivity index (χ4v) is 2.76. The van der Waals surface area contributed by atoms with E-state index >= 15 is 0 Å². The fourth-order valence-electron chi connectivity index (χ4n) is 1.70. The molecule has 0 aliphatic carbocycles. The Labute approximate surface area is 111 Å². The zero-order valence-corrected chi connectivity index (χ0v) is 11.8. The van der Waals surface area contributed by atoms with Gasteiger partial charge in [0.05, 0.1) is 11.3 Å². The van der Waals surface area contributed by atoms with Gasteiger partial charge in [-0.15, -0.1) is 11.3 Å². The maximum Gasteiger partial charge on any atom is 0.305 e. The predicted octanol–water partition coefficient (Wildman–Crippen LogP) is 2.56. The summed E-state index contributed by atoms with van der Waals surface area (Å²) >= 11 is 1.49. The highest BCUT2D eigenvalue weighted by Gasteiger charge is 2.16. The van der Waals surface area contributed by atoms with Crippen molar-refractivity contribution in [2.24, 2.45) is 0 Å². The van der Waals surface area contributed by atoms with Gasteiger partial charge in [-0.2, -0.15) is 0 Å². The minimum absolute atomic E-state index is 0.0194. The van der Waals surface area contributed by atoms with Crippen LogP contribution in [0.2, 0.25) is 0 Å². The lowest BCUT2D eigenvalue weighted by Gasteiger charge is -2.14. The van der Waals surface area contributed by atoms with E-state index in [2.05, 4.69) is 6.92 Å². The van der Waals surface area contributed by atoms with Gasteiger partial charge >= 0.3 is 5.97 Å². The topological polar surface area (TPSA) is 57.6 Å². The number of nitrogens with zero attached hydrogens (tertiary/aromatic N) is 1. The third kappa shape index (κ3) is 3.84. The number of carboxylic acids is 1. The summed E-state index contributed by atoms with van der Waals surface area (Å²) in [5.41, 5.74) is 1.22. The molecule has 0 saturated carbocycles. The molecule has 0 bridgehead atoms. The molecule has 1 aromatic rings. The zero-order valence-electron chi connectivity index (χ0n) is 11.0. The lowest BCUT2D eigenvalue weighted by molar-refractivity contribution is -0.137. The molecule has 0 radical (unpaired) electrons. The Morgan fingerprint density at radius 1 is 1.44 bits per heavy atom. The van der Waals surface area contributed by atoms with Gasteiger partial charge in [0, 0.05) is 18.5 Å². The number of carboxylic acid groups (broad SMARTS) is 1. The van der Waals surface area contributed by atoms with Crippen LogP contribution in [0.15, 0.2) is 6.07 Å². The molecule has 0 atom stereocenters. The molecule has 0 fully saturated rings. The van der Waals surface area contributed by atoms with E-state index in [9.17, 15) is 9.59 Å². The Morgan fingerprint density at radius 3 is 2.67 bits per heavy atom. The molecule has 4 nitrogen and oxygen atoms in total. The van der Waals surface area contributed by atoms with Crippen LogP contribution in [0.25, 0.3) is 0 Å². The monoisotopic (exact) mass is 269 g/mol. The van der Waals surface area contributed by atoms with Crippen LogP contribution in [-0.4, -0.2) is 35.5 Å². The Bertz CT molecular complexity index is 439. The predicted molar refractivity (Wildman–Crippen MR) is 72.3 cm³/mol. The van der Waals surface area contributed by atoms with Gasteiger partial charge in [0.15, 0.2) is 0 Å². The minimum Gasteiger partial charge on any atom is -0.481 e. The first kappa shape index (κ1) is 14.7. The lowest BCUT2D eigenvalue weighted by atomic mass is 10.1. The number of hydrogen-bond acceptors (Lipinski definition) is 3. The van der Waals surface area contributed by atoms with Crippen molar-refractivity contribution < 1.29 is 14.7 Å². The number of carbonyl (C=O) groups excluding carboxylic acids is 1. The van der Waals surface area contributed by atoms with E-state index in [1.165, 1.54) is 26.7 Å². The van der Waals surface area contributed by atoms with Crippen LogP contribution in [0, 0.1) is 6.92 Å². The number of aryl methyl sites for hydroxylation is 2. The van der Waals surface area contributed by atoms with E-state index in [0.717, 1.165) is 12.8 Å². The average Bonchev–Trinajstić information content (AvgIpc) is 2.67. The molecule has 1 rings (SSSR count). The summed E-state index contributed by atoms with van der Waals surface area (Å²) < 4.78 is 0. The van der Waals surface area contributed by atoms with Crippen molar-refractivity contribution in [3.05, 3.63) is 21.4 Å². The molecule has 0 unspecified atom stereocenters. The average molecular weight is 269 g/mol. The Kier molecular flexibility index (Phi) is 5.34. The number of aliphatic carboxylic acids is 1. The lowest BCUT2D eigenvalue weighted by Crippen LogP contribution is -2.28. The highest BCUT2D eigenvalue weighted by atomic mass is 32.1. The van der Waals surface area contributed by atoms with Gasteiger partial charge in [-0.05, 0) is 25.0 Å². The molecule has 1 N–H and O–H groups in total. The smallest absolute Gasteiger partial charge is 0.305 e. The maximum absolute atomic E-state index is 12.1. The summed E-state index contributed by atoms with van der Waals surface area (Å²) in [5.74, 6) is -0.976. The normalized spacial score (nSPS) is 10.4.